The number of rotatable bonds is 9. The van der Waals surface area contributed by atoms with Crippen LogP contribution in [0.3, 0.4) is 0 Å². The highest BCUT2D eigenvalue weighted by atomic mass is 35.5. The van der Waals surface area contributed by atoms with Gasteiger partial charge in [-0.3, -0.25) is 19.2 Å². The zero-order valence-corrected chi connectivity index (χ0v) is 42.8. The van der Waals surface area contributed by atoms with Crippen LogP contribution in [0.5, 0.6) is 0 Å². The highest BCUT2D eigenvalue weighted by molar-refractivity contribution is 7.99. The maximum absolute atomic E-state index is 13.7. The number of thioether (sulfide) groups is 1. The Morgan fingerprint density at radius 2 is 1.28 bits per heavy atom. The first-order valence-corrected chi connectivity index (χ1v) is 26.9. The third-order valence-corrected chi connectivity index (χ3v) is 15.4. The van der Waals surface area contributed by atoms with Crippen LogP contribution in [0.15, 0.2) is 115 Å². The Bertz CT molecular complexity index is 3210. The molecule has 10 rings (SSSR count). The lowest BCUT2D eigenvalue weighted by Crippen LogP contribution is -2.45. The average molecular weight is 1070 g/mol. The maximum Gasteiger partial charge on any atom is 0.286 e. The molecule has 5 heterocycles. The van der Waals surface area contributed by atoms with Crippen LogP contribution in [-0.2, 0) is 22.3 Å². The lowest BCUT2D eigenvalue weighted by atomic mass is 10.0. The molecule has 2 N–H and O–H groups in total. The number of hydrogen-bond donors (Lipinski definition) is 2. The molecule has 0 radical (unpaired) electrons. The van der Waals surface area contributed by atoms with E-state index in [1.807, 2.05) is 54.4 Å². The first-order chi connectivity index (χ1) is 34.3. The quantitative estimate of drug-likeness (QED) is 0.148. The van der Waals surface area contributed by atoms with Gasteiger partial charge in [0.15, 0.2) is 5.69 Å². The third-order valence-electron chi connectivity index (χ3n) is 12.1. The minimum Gasteiger partial charge on any atom is -0.344 e. The molecule has 71 heavy (non-hydrogen) atoms. The molecule has 1 saturated heterocycles. The van der Waals surface area contributed by atoms with Gasteiger partial charge in [0.05, 0.1) is 50.4 Å². The average Bonchev–Trinajstić information content (AvgIpc) is 3.94. The normalized spacial score (nSPS) is 17.2. The number of carbonyl (C=O) groups excluding carboxylic acids is 2. The van der Waals surface area contributed by atoms with Gasteiger partial charge in [-0.1, -0.05) is 107 Å². The second kappa shape index (κ2) is 22.5. The van der Waals surface area contributed by atoms with E-state index in [0.29, 0.717) is 54.2 Å². The predicted octanol–water partition coefficient (Wildman–Crippen LogP) is 12.8. The molecule has 2 atom stereocenters. The van der Waals surface area contributed by atoms with Crippen molar-refractivity contribution in [3.8, 4) is 11.4 Å². The van der Waals surface area contributed by atoms with E-state index in [9.17, 15) is 22.6 Å². The molecular weight excluding hydrogens is 1030 g/mol. The van der Waals surface area contributed by atoms with E-state index >= 15 is 0 Å². The van der Waals surface area contributed by atoms with Crippen LogP contribution in [0, 0.1) is 11.6 Å². The van der Waals surface area contributed by atoms with Gasteiger partial charge in [-0.15, -0.1) is 0 Å². The summed E-state index contributed by atoms with van der Waals surface area (Å²) in [7, 11) is -1.24. The highest BCUT2D eigenvalue weighted by Gasteiger charge is 2.33. The van der Waals surface area contributed by atoms with Crippen LogP contribution < -0.4 is 10.7 Å². The smallest absolute Gasteiger partial charge is 0.286 e. The van der Waals surface area contributed by atoms with Gasteiger partial charge < -0.3 is 5.32 Å². The largest absolute Gasteiger partial charge is 0.344 e. The Morgan fingerprint density at radius 3 is 1.89 bits per heavy atom. The molecule has 1 fully saturated rings. The monoisotopic (exact) mass is 1070 g/mol. The summed E-state index contributed by atoms with van der Waals surface area (Å²) >= 11 is 27.0. The predicted molar refractivity (Wildman–Crippen MR) is 284 cm³/mol. The zero-order valence-electron chi connectivity index (χ0n) is 38.1. The van der Waals surface area contributed by atoms with Crippen LogP contribution in [0.2, 0.25) is 20.1 Å². The number of hydrogen-bond acceptors (Lipinski definition) is 7. The number of carbonyl (C=O) groups is 2. The van der Waals surface area contributed by atoms with Crippen molar-refractivity contribution in [2.75, 3.05) is 24.6 Å². The minimum absolute atomic E-state index is 0.198. The Labute approximate surface area is 436 Å². The lowest BCUT2D eigenvalue weighted by molar-refractivity contribution is 0.0743. The molecule has 2 aromatic heterocycles. The number of amides is 2. The molecule has 3 aliphatic heterocycles. The molecule has 18 heteroatoms. The summed E-state index contributed by atoms with van der Waals surface area (Å²) in [6.45, 7) is 3.50. The number of benzene rings is 5. The van der Waals surface area contributed by atoms with Gasteiger partial charge >= 0.3 is 0 Å². The molecule has 2 amide bonds. The topological polar surface area (TPSA) is 114 Å². The number of piperidine rings is 1. The molecule has 0 bridgehead atoms. The molecule has 3 aliphatic rings. The van der Waals surface area contributed by atoms with Gasteiger partial charge in [-0.25, -0.2) is 23.2 Å². The number of nitrogens with one attached hydrogen (secondary N) is 2. The van der Waals surface area contributed by atoms with Gasteiger partial charge in [0.25, 0.3) is 11.8 Å². The van der Waals surface area contributed by atoms with E-state index in [2.05, 4.69) is 15.8 Å². The summed E-state index contributed by atoms with van der Waals surface area (Å²) in [5.74, 6) is 0.611. The Kier molecular flexibility index (Phi) is 15.9. The summed E-state index contributed by atoms with van der Waals surface area (Å²) in [5, 5.41) is 16.3. The van der Waals surface area contributed by atoms with Crippen LogP contribution in [0.25, 0.3) is 34.7 Å². The molecule has 10 nitrogen and oxygen atoms in total. The summed E-state index contributed by atoms with van der Waals surface area (Å²) in [6, 6.07) is 32.1. The molecule has 1 unspecified atom stereocenters. The van der Waals surface area contributed by atoms with Crippen molar-refractivity contribution in [1.29, 1.82) is 0 Å². The van der Waals surface area contributed by atoms with E-state index < -0.39 is 10.8 Å². The number of nitrogens with zero attached hydrogens (tertiary/aromatic N) is 5. The molecule has 0 spiro atoms. The summed E-state index contributed by atoms with van der Waals surface area (Å²) in [5.41, 5.74) is 11.9. The van der Waals surface area contributed by atoms with Crippen molar-refractivity contribution in [2.24, 2.45) is 0 Å². The fraction of sp³-hybridized carbons (Fsp3) is 0.208. The van der Waals surface area contributed by atoms with Gasteiger partial charge in [-0.05, 0) is 120 Å². The molecule has 0 saturated carbocycles. The summed E-state index contributed by atoms with van der Waals surface area (Å²) in [6.07, 6.45) is 7.01. The summed E-state index contributed by atoms with van der Waals surface area (Å²) < 4.78 is 43.0. The van der Waals surface area contributed by atoms with Gasteiger partial charge in [-0.2, -0.15) is 22.0 Å². The lowest BCUT2D eigenvalue weighted by Gasteiger charge is -2.26. The number of fused-ring (bicyclic) bond motifs is 2. The van der Waals surface area contributed by atoms with Crippen molar-refractivity contribution in [2.45, 2.75) is 43.7 Å². The Hall–Kier alpha value is -5.58. The summed E-state index contributed by atoms with van der Waals surface area (Å²) in [4.78, 5) is 27.1. The van der Waals surface area contributed by atoms with E-state index in [-0.39, 0.29) is 46.7 Å². The van der Waals surface area contributed by atoms with Gasteiger partial charge in [0, 0.05) is 56.6 Å². The molecular formula is C53H45Cl4F2N7O3S2. The fourth-order valence-corrected chi connectivity index (χ4v) is 11.9. The van der Waals surface area contributed by atoms with Crippen LogP contribution in [0.1, 0.15) is 92.4 Å². The number of hydrazine groups is 1. The SMILES string of the molecule is C[C@@H](NC(=O)c1c2c(nn1-c1ccc(Cl)cc1Cl)/C(=C/c1ccc(F)cc1)CSC2)c1ccccc1.O=C(NN1CCCCC1)c1nn(-c2ccc(Cl)cc2Cl)c2c1CS(=O)C/C2=C\c1ccc(F)cc1. The van der Waals surface area contributed by atoms with Crippen molar-refractivity contribution < 1.29 is 22.6 Å². The van der Waals surface area contributed by atoms with Gasteiger partial charge in [0.1, 0.15) is 17.3 Å². The molecule has 5 aromatic carbocycles. The zero-order chi connectivity index (χ0) is 49.8. The van der Waals surface area contributed by atoms with Crippen LogP contribution in [-0.4, -0.2) is 65.2 Å². The van der Waals surface area contributed by atoms with E-state index in [1.165, 1.54) is 24.3 Å². The van der Waals surface area contributed by atoms with Crippen molar-refractivity contribution in [1.82, 2.24) is 35.3 Å². The van der Waals surface area contributed by atoms with Crippen LogP contribution >= 0.6 is 58.2 Å². The van der Waals surface area contributed by atoms with E-state index in [1.54, 1.807) is 81.8 Å². The van der Waals surface area contributed by atoms with Crippen molar-refractivity contribution >= 4 is 104 Å². The molecule has 7 aromatic rings. The van der Waals surface area contributed by atoms with Crippen molar-refractivity contribution in [3.05, 3.63) is 198 Å². The van der Waals surface area contributed by atoms with E-state index in [4.69, 9.17) is 51.5 Å². The van der Waals surface area contributed by atoms with E-state index in [0.717, 1.165) is 77.2 Å². The molecule has 0 aliphatic carbocycles. The first-order valence-electron chi connectivity index (χ1n) is 22.7. The molecule has 364 valence electrons. The number of aromatic nitrogens is 4. The fourth-order valence-electron chi connectivity index (χ4n) is 8.65. The highest BCUT2D eigenvalue weighted by Crippen LogP contribution is 2.39. The second-order valence-corrected chi connectivity index (χ2v) is 21.3. The number of halogens is 6. The first kappa shape index (κ1) is 50.4. The van der Waals surface area contributed by atoms with Crippen molar-refractivity contribution in [3.63, 3.8) is 0 Å². The van der Waals surface area contributed by atoms with Gasteiger partial charge in [0.2, 0.25) is 0 Å². The maximum atomic E-state index is 13.7. The minimum atomic E-state index is -1.24. The van der Waals surface area contributed by atoms with Crippen LogP contribution in [0.4, 0.5) is 8.78 Å². The Balaban J connectivity index is 0.000000176. The third kappa shape index (κ3) is 11.7. The standard InChI is InChI=1S/C28H22Cl2FN3OS.C25H23Cl2FN4O2S/c1-17(19-5-3-2-4-6-19)32-28(35)27-23-16-36-15-20(13-18-7-10-22(31)11-8-18)26(23)33-34(27)25-12-9-21(29)14-24(25)30;26-18-6-9-22(21(27)13-18)32-24-17(12-16-4-7-19(28)8-5-16)14-35(34)15-20(24)23(29-32)25(33)30-31-10-2-1-3-11-31/h2-14,17H,15-16H2,1H3,(H,32,35);4-9,12-13H,1-3,10-11,14-15H2,(H,30,33)/b20-13+;17-12+/t17-;/m1./s1. The second-order valence-electron chi connectivity index (χ2n) is 17.1. The Morgan fingerprint density at radius 1 is 0.690 bits per heavy atom.